The third kappa shape index (κ3) is 50.1. The molecule has 64 heavy (non-hydrogen) atoms. The number of ether oxygens (including phenoxy) is 3. The van der Waals surface area contributed by atoms with Gasteiger partial charge in [0.2, 0.25) is 0 Å². The standard InChI is InChI=1S/C58H102O6/c1-4-7-10-13-16-19-22-25-27-29-31-33-36-39-42-45-48-51-57(60)63-54-55(53-62-56(59)50-47-44-41-38-35-24-21-18-15-12-9-6-3)64-58(61)52-49-46-43-40-37-34-32-30-28-26-23-20-17-14-11-8-5-2/h16,18-19,21,25,27,31,33,39,42,55H,4-15,17,20,22-24,26,28-30,32,34-38,40-41,43-54H2,1-3H3/b19-16-,21-18-,27-25-,33-31-,42-39-. The molecule has 0 heterocycles. The van der Waals surface area contributed by atoms with Crippen LogP contribution in [-0.2, 0) is 28.6 Å². The van der Waals surface area contributed by atoms with Crippen LogP contribution in [-0.4, -0.2) is 37.2 Å². The van der Waals surface area contributed by atoms with Gasteiger partial charge < -0.3 is 14.2 Å². The molecule has 0 saturated heterocycles. The molecule has 0 aliphatic heterocycles. The first kappa shape index (κ1) is 61.1. The second kappa shape index (κ2) is 52.7. The highest BCUT2D eigenvalue weighted by molar-refractivity contribution is 5.71. The summed E-state index contributed by atoms with van der Waals surface area (Å²) in [6.07, 6.45) is 65.0. The van der Waals surface area contributed by atoms with Gasteiger partial charge in [0.25, 0.3) is 0 Å². The van der Waals surface area contributed by atoms with Gasteiger partial charge in [-0.15, -0.1) is 0 Å². The molecule has 0 bridgehead atoms. The Kier molecular flexibility index (Phi) is 50.4. The van der Waals surface area contributed by atoms with Crippen LogP contribution in [0.4, 0.5) is 0 Å². The number of rotatable bonds is 49. The number of hydrogen-bond donors (Lipinski definition) is 0. The molecule has 6 nitrogen and oxygen atoms in total. The van der Waals surface area contributed by atoms with Crippen molar-refractivity contribution in [3.8, 4) is 0 Å². The predicted molar refractivity (Wildman–Crippen MR) is 275 cm³/mol. The lowest BCUT2D eigenvalue weighted by molar-refractivity contribution is -0.167. The van der Waals surface area contributed by atoms with Gasteiger partial charge in [-0.25, -0.2) is 0 Å². The van der Waals surface area contributed by atoms with Crippen molar-refractivity contribution in [3.63, 3.8) is 0 Å². The molecule has 0 N–H and O–H groups in total. The van der Waals surface area contributed by atoms with Crippen LogP contribution in [0.3, 0.4) is 0 Å². The molecule has 0 aliphatic rings. The number of hydrogen-bond acceptors (Lipinski definition) is 6. The van der Waals surface area contributed by atoms with E-state index >= 15 is 0 Å². The van der Waals surface area contributed by atoms with Gasteiger partial charge in [0.1, 0.15) is 13.2 Å². The maximum absolute atomic E-state index is 12.8. The molecule has 0 amide bonds. The molecule has 1 atom stereocenters. The molecular formula is C58H102O6. The molecule has 6 heteroatoms. The van der Waals surface area contributed by atoms with Crippen molar-refractivity contribution in [1.29, 1.82) is 0 Å². The van der Waals surface area contributed by atoms with Gasteiger partial charge in [-0.2, -0.15) is 0 Å². The molecule has 0 fully saturated rings. The van der Waals surface area contributed by atoms with E-state index in [1.807, 2.05) is 0 Å². The Balaban J connectivity index is 4.43. The lowest BCUT2D eigenvalue weighted by Crippen LogP contribution is -2.30. The smallest absolute Gasteiger partial charge is 0.306 e. The molecule has 0 rings (SSSR count). The fourth-order valence-electron chi connectivity index (χ4n) is 7.61. The van der Waals surface area contributed by atoms with Crippen LogP contribution in [0.15, 0.2) is 60.8 Å². The zero-order valence-corrected chi connectivity index (χ0v) is 42.3. The van der Waals surface area contributed by atoms with Gasteiger partial charge in [-0.1, -0.05) is 229 Å². The maximum atomic E-state index is 12.8. The summed E-state index contributed by atoms with van der Waals surface area (Å²) in [6, 6.07) is 0. The van der Waals surface area contributed by atoms with Gasteiger partial charge in [-0.3, -0.25) is 14.4 Å². The number of carbonyl (C=O) groups excluding carboxylic acids is 3. The summed E-state index contributed by atoms with van der Waals surface area (Å²) < 4.78 is 16.8. The number of carbonyl (C=O) groups is 3. The van der Waals surface area contributed by atoms with E-state index in [1.165, 1.54) is 154 Å². The summed E-state index contributed by atoms with van der Waals surface area (Å²) in [5.74, 6) is -0.952. The molecule has 0 saturated carbocycles. The van der Waals surface area contributed by atoms with Crippen LogP contribution in [0.25, 0.3) is 0 Å². The first-order valence-electron chi connectivity index (χ1n) is 27.3. The van der Waals surface area contributed by atoms with Crippen molar-refractivity contribution in [2.75, 3.05) is 13.2 Å². The molecule has 0 aromatic carbocycles. The van der Waals surface area contributed by atoms with Crippen LogP contribution in [0.2, 0.25) is 0 Å². The van der Waals surface area contributed by atoms with E-state index in [4.69, 9.17) is 14.2 Å². The van der Waals surface area contributed by atoms with Gasteiger partial charge in [-0.05, 0) is 83.5 Å². The second-order valence-electron chi connectivity index (χ2n) is 18.1. The lowest BCUT2D eigenvalue weighted by atomic mass is 10.0. The van der Waals surface area contributed by atoms with Crippen molar-refractivity contribution in [2.45, 2.75) is 277 Å². The fraction of sp³-hybridized carbons (Fsp3) is 0.776. The summed E-state index contributed by atoms with van der Waals surface area (Å²) in [5, 5.41) is 0. The van der Waals surface area contributed by atoms with Crippen LogP contribution >= 0.6 is 0 Å². The van der Waals surface area contributed by atoms with E-state index in [1.54, 1.807) is 0 Å². The van der Waals surface area contributed by atoms with Gasteiger partial charge in [0, 0.05) is 19.3 Å². The van der Waals surface area contributed by atoms with E-state index in [-0.39, 0.29) is 37.5 Å². The van der Waals surface area contributed by atoms with E-state index in [9.17, 15) is 14.4 Å². The summed E-state index contributed by atoms with van der Waals surface area (Å²) in [7, 11) is 0. The van der Waals surface area contributed by atoms with Gasteiger partial charge >= 0.3 is 17.9 Å². The minimum Gasteiger partial charge on any atom is -0.462 e. The molecule has 0 aromatic heterocycles. The van der Waals surface area contributed by atoms with Crippen LogP contribution in [0, 0.1) is 0 Å². The molecule has 0 radical (unpaired) electrons. The fourth-order valence-corrected chi connectivity index (χ4v) is 7.61. The maximum Gasteiger partial charge on any atom is 0.306 e. The van der Waals surface area contributed by atoms with Crippen molar-refractivity contribution < 1.29 is 28.6 Å². The van der Waals surface area contributed by atoms with Gasteiger partial charge in [0.15, 0.2) is 6.10 Å². The molecular weight excluding hydrogens is 793 g/mol. The third-order valence-corrected chi connectivity index (χ3v) is 11.7. The first-order chi connectivity index (χ1) is 31.5. The largest absolute Gasteiger partial charge is 0.462 e. The average molecular weight is 895 g/mol. The van der Waals surface area contributed by atoms with Crippen molar-refractivity contribution in [2.24, 2.45) is 0 Å². The van der Waals surface area contributed by atoms with Crippen molar-refractivity contribution >= 4 is 17.9 Å². The summed E-state index contributed by atoms with van der Waals surface area (Å²) >= 11 is 0. The van der Waals surface area contributed by atoms with E-state index in [0.29, 0.717) is 19.3 Å². The van der Waals surface area contributed by atoms with E-state index < -0.39 is 6.10 Å². The highest BCUT2D eigenvalue weighted by Crippen LogP contribution is 2.16. The Labute approximate surface area is 396 Å². The molecule has 1 unspecified atom stereocenters. The highest BCUT2D eigenvalue weighted by Gasteiger charge is 2.19. The SMILES string of the molecule is CCCCC/C=C\C/C=C\C/C=C\C/C=C\CCCC(=O)OCC(COC(=O)CCCCCCC/C=C\CCCCC)OC(=O)CCCCCCCCCCCCCCCCCCC. The highest BCUT2D eigenvalue weighted by atomic mass is 16.6. The van der Waals surface area contributed by atoms with Crippen LogP contribution in [0.1, 0.15) is 271 Å². The van der Waals surface area contributed by atoms with E-state index in [0.717, 1.165) is 70.6 Å². The Morgan fingerprint density at radius 2 is 0.578 bits per heavy atom. The van der Waals surface area contributed by atoms with E-state index in [2.05, 4.69) is 81.5 Å². The Hall–Kier alpha value is -2.89. The minimum atomic E-state index is -0.797. The zero-order valence-electron chi connectivity index (χ0n) is 42.3. The Morgan fingerprint density at radius 1 is 0.312 bits per heavy atom. The number of allylic oxidation sites excluding steroid dienone is 10. The lowest BCUT2D eigenvalue weighted by Gasteiger charge is -2.18. The average Bonchev–Trinajstić information content (AvgIpc) is 3.29. The number of unbranched alkanes of at least 4 members (excludes halogenated alkanes) is 28. The Morgan fingerprint density at radius 3 is 0.984 bits per heavy atom. The monoisotopic (exact) mass is 895 g/mol. The predicted octanol–water partition coefficient (Wildman–Crippen LogP) is 18.0. The van der Waals surface area contributed by atoms with Crippen LogP contribution < -0.4 is 0 Å². The normalized spacial score (nSPS) is 12.5. The van der Waals surface area contributed by atoms with Crippen molar-refractivity contribution in [3.05, 3.63) is 60.8 Å². The summed E-state index contributed by atoms with van der Waals surface area (Å²) in [5.41, 5.74) is 0. The van der Waals surface area contributed by atoms with Crippen molar-refractivity contribution in [1.82, 2.24) is 0 Å². The minimum absolute atomic E-state index is 0.0935. The summed E-state index contributed by atoms with van der Waals surface area (Å²) in [4.78, 5) is 38.0. The molecule has 370 valence electrons. The summed E-state index contributed by atoms with van der Waals surface area (Å²) in [6.45, 7) is 6.55. The Bertz CT molecular complexity index is 1170. The second-order valence-corrected chi connectivity index (χ2v) is 18.1. The molecule has 0 spiro atoms. The molecule has 0 aromatic rings. The zero-order chi connectivity index (χ0) is 46.5. The van der Waals surface area contributed by atoms with Crippen LogP contribution in [0.5, 0.6) is 0 Å². The molecule has 0 aliphatic carbocycles. The van der Waals surface area contributed by atoms with Gasteiger partial charge in [0.05, 0.1) is 0 Å². The third-order valence-electron chi connectivity index (χ3n) is 11.7. The topological polar surface area (TPSA) is 78.9 Å². The first-order valence-corrected chi connectivity index (χ1v) is 27.3. The quantitative estimate of drug-likeness (QED) is 0.0262. The number of esters is 3.